The van der Waals surface area contributed by atoms with E-state index >= 15 is 0 Å². The Kier molecular flexibility index (Phi) is 26.9. The lowest BCUT2D eigenvalue weighted by molar-refractivity contribution is -0.870. The SMILES string of the molecule is CCCC/C=C\C/C=C\CCCCCCCCOCC(COP(=O)([O-])OCC[N+](C)(C)C)OC(=O)CCCCCCC. The minimum Gasteiger partial charge on any atom is -0.756 e. The molecular weight excluding hydrogens is 553 g/mol. The lowest BCUT2D eigenvalue weighted by Crippen LogP contribution is -2.37. The first kappa shape index (κ1) is 41.0. The molecule has 0 saturated heterocycles. The molecule has 0 aliphatic rings. The summed E-state index contributed by atoms with van der Waals surface area (Å²) in [5.41, 5.74) is 0. The topological polar surface area (TPSA) is 94.1 Å². The van der Waals surface area contributed by atoms with Crippen molar-refractivity contribution in [3.05, 3.63) is 24.3 Å². The van der Waals surface area contributed by atoms with Gasteiger partial charge in [0.1, 0.15) is 19.3 Å². The summed E-state index contributed by atoms with van der Waals surface area (Å²) in [4.78, 5) is 24.6. The summed E-state index contributed by atoms with van der Waals surface area (Å²) in [6.07, 6.45) is 26.4. The fraction of sp³-hybridized carbons (Fsp3) is 0.848. The van der Waals surface area contributed by atoms with Crippen LogP contribution in [0.2, 0.25) is 0 Å². The molecule has 0 spiro atoms. The Morgan fingerprint density at radius 2 is 1.33 bits per heavy atom. The summed E-state index contributed by atoms with van der Waals surface area (Å²) in [6.45, 7) is 5.23. The molecule has 2 atom stereocenters. The first-order valence-electron chi connectivity index (χ1n) is 16.6. The summed E-state index contributed by atoms with van der Waals surface area (Å²) in [6, 6.07) is 0. The van der Waals surface area contributed by atoms with Crippen LogP contribution in [0, 0.1) is 0 Å². The Hall–Kier alpha value is -1.02. The standard InChI is InChI=1S/C33H64NO7P/c1-6-8-10-12-13-14-15-16-17-18-19-20-21-23-25-28-38-30-32(41-33(35)26-24-22-11-9-7-2)31-40-42(36,37)39-29-27-34(3,4)5/h12-13,15-16,32H,6-11,14,17-31H2,1-5H3/b13-12-,16-15-. The molecule has 0 amide bonds. The van der Waals surface area contributed by atoms with Gasteiger partial charge in [-0.15, -0.1) is 0 Å². The van der Waals surface area contributed by atoms with Crippen molar-refractivity contribution in [2.75, 3.05) is 54.1 Å². The van der Waals surface area contributed by atoms with Gasteiger partial charge < -0.3 is 27.9 Å². The molecule has 9 heteroatoms. The predicted octanol–water partition coefficient (Wildman–Crippen LogP) is 7.91. The van der Waals surface area contributed by atoms with Crippen molar-refractivity contribution in [1.82, 2.24) is 0 Å². The molecule has 248 valence electrons. The maximum absolute atomic E-state index is 12.4. The number of carbonyl (C=O) groups is 1. The van der Waals surface area contributed by atoms with Gasteiger partial charge in [0.2, 0.25) is 0 Å². The van der Waals surface area contributed by atoms with Crippen LogP contribution in [-0.2, 0) is 27.9 Å². The van der Waals surface area contributed by atoms with Crippen LogP contribution in [0.1, 0.15) is 123 Å². The highest BCUT2D eigenvalue weighted by Crippen LogP contribution is 2.38. The summed E-state index contributed by atoms with van der Waals surface area (Å²) in [5, 5.41) is 0. The van der Waals surface area contributed by atoms with Crippen molar-refractivity contribution >= 4 is 13.8 Å². The van der Waals surface area contributed by atoms with Crippen LogP contribution in [0.5, 0.6) is 0 Å². The van der Waals surface area contributed by atoms with Crippen molar-refractivity contribution in [2.24, 2.45) is 0 Å². The van der Waals surface area contributed by atoms with Crippen LogP contribution >= 0.6 is 7.82 Å². The maximum Gasteiger partial charge on any atom is 0.306 e. The third-order valence-corrected chi connectivity index (χ3v) is 7.72. The average Bonchev–Trinajstić information content (AvgIpc) is 2.92. The van der Waals surface area contributed by atoms with Crippen molar-refractivity contribution in [3.63, 3.8) is 0 Å². The Morgan fingerprint density at radius 3 is 2.00 bits per heavy atom. The van der Waals surface area contributed by atoms with Gasteiger partial charge in [0.05, 0.1) is 34.4 Å². The van der Waals surface area contributed by atoms with Gasteiger partial charge >= 0.3 is 5.97 Å². The number of hydrogen-bond acceptors (Lipinski definition) is 7. The van der Waals surface area contributed by atoms with E-state index in [1.807, 2.05) is 21.1 Å². The van der Waals surface area contributed by atoms with Crippen LogP contribution in [0.25, 0.3) is 0 Å². The van der Waals surface area contributed by atoms with Crippen molar-refractivity contribution in [3.8, 4) is 0 Å². The average molecular weight is 618 g/mol. The first-order chi connectivity index (χ1) is 20.1. The van der Waals surface area contributed by atoms with E-state index in [9.17, 15) is 14.3 Å². The molecule has 0 aromatic heterocycles. The Balaban J connectivity index is 4.23. The van der Waals surface area contributed by atoms with Gasteiger partial charge in [-0.1, -0.05) is 102 Å². The van der Waals surface area contributed by atoms with Crippen LogP contribution in [-0.4, -0.2) is 70.7 Å². The molecule has 0 aromatic carbocycles. The number of ether oxygens (including phenoxy) is 2. The molecule has 2 unspecified atom stereocenters. The zero-order chi connectivity index (χ0) is 31.4. The van der Waals surface area contributed by atoms with Gasteiger partial charge in [-0.2, -0.15) is 0 Å². The van der Waals surface area contributed by atoms with E-state index in [0.717, 1.165) is 64.2 Å². The van der Waals surface area contributed by atoms with Crippen LogP contribution in [0.3, 0.4) is 0 Å². The van der Waals surface area contributed by atoms with Crippen molar-refractivity contribution in [1.29, 1.82) is 0 Å². The highest BCUT2D eigenvalue weighted by atomic mass is 31.2. The molecule has 8 nitrogen and oxygen atoms in total. The second-order valence-electron chi connectivity index (χ2n) is 12.2. The highest BCUT2D eigenvalue weighted by molar-refractivity contribution is 7.45. The van der Waals surface area contributed by atoms with Crippen LogP contribution < -0.4 is 4.89 Å². The van der Waals surface area contributed by atoms with Crippen LogP contribution in [0.15, 0.2) is 24.3 Å². The third-order valence-electron chi connectivity index (χ3n) is 6.76. The molecule has 0 saturated carbocycles. The van der Waals surface area contributed by atoms with Crippen molar-refractivity contribution in [2.45, 2.75) is 129 Å². The van der Waals surface area contributed by atoms with Gasteiger partial charge in [0.15, 0.2) is 0 Å². The van der Waals surface area contributed by atoms with Gasteiger partial charge in [-0.3, -0.25) is 9.36 Å². The summed E-state index contributed by atoms with van der Waals surface area (Å²) in [7, 11) is 1.34. The molecule has 0 heterocycles. The Bertz CT molecular complexity index is 736. The molecule has 0 radical (unpaired) electrons. The minimum atomic E-state index is -4.50. The van der Waals surface area contributed by atoms with E-state index in [2.05, 4.69) is 38.2 Å². The normalized spacial score (nSPS) is 14.5. The molecule has 0 N–H and O–H groups in total. The molecule has 42 heavy (non-hydrogen) atoms. The number of phosphoric acid groups is 1. The third kappa shape index (κ3) is 30.4. The molecule has 0 fully saturated rings. The number of hydrogen-bond donors (Lipinski definition) is 0. The number of likely N-dealkylation sites (N-methyl/N-ethyl adjacent to an activating group) is 1. The number of phosphoric ester groups is 1. The van der Waals surface area contributed by atoms with E-state index in [0.29, 0.717) is 24.1 Å². The van der Waals surface area contributed by atoms with E-state index in [-0.39, 0.29) is 25.8 Å². The molecule has 0 bridgehead atoms. The monoisotopic (exact) mass is 617 g/mol. The van der Waals surface area contributed by atoms with Crippen molar-refractivity contribution < 1.29 is 37.3 Å². The Labute approximate surface area is 258 Å². The molecular formula is C33H64NO7P. The van der Waals surface area contributed by atoms with Gasteiger partial charge in [-0.05, 0) is 38.5 Å². The lowest BCUT2D eigenvalue weighted by atomic mass is 10.1. The maximum atomic E-state index is 12.4. The van der Waals surface area contributed by atoms with E-state index in [1.54, 1.807) is 0 Å². The lowest BCUT2D eigenvalue weighted by Gasteiger charge is -2.28. The first-order valence-corrected chi connectivity index (χ1v) is 18.0. The molecule has 0 aliphatic carbocycles. The molecule has 0 rings (SSSR count). The zero-order valence-electron chi connectivity index (χ0n) is 27.7. The van der Waals surface area contributed by atoms with E-state index in [4.69, 9.17) is 18.5 Å². The highest BCUT2D eigenvalue weighted by Gasteiger charge is 2.20. The number of rotatable bonds is 30. The molecule has 0 aromatic rings. The second kappa shape index (κ2) is 27.5. The number of esters is 1. The predicted molar refractivity (Wildman–Crippen MR) is 171 cm³/mol. The number of carbonyl (C=O) groups excluding carboxylic acids is 1. The summed E-state index contributed by atoms with van der Waals surface area (Å²) in [5.74, 6) is -0.353. The second-order valence-corrected chi connectivity index (χ2v) is 13.6. The van der Waals surface area contributed by atoms with Gasteiger partial charge in [0, 0.05) is 13.0 Å². The smallest absolute Gasteiger partial charge is 0.306 e. The fourth-order valence-electron chi connectivity index (χ4n) is 4.09. The number of nitrogens with zero attached hydrogens (tertiary/aromatic N) is 1. The fourth-order valence-corrected chi connectivity index (χ4v) is 4.82. The minimum absolute atomic E-state index is 0.0243. The quantitative estimate of drug-likeness (QED) is 0.0266. The number of quaternary nitrogens is 1. The van der Waals surface area contributed by atoms with E-state index in [1.165, 1.54) is 38.5 Å². The van der Waals surface area contributed by atoms with Gasteiger partial charge in [-0.25, -0.2) is 0 Å². The van der Waals surface area contributed by atoms with Crippen LogP contribution in [0.4, 0.5) is 0 Å². The van der Waals surface area contributed by atoms with Gasteiger partial charge in [0.25, 0.3) is 7.82 Å². The molecule has 0 aliphatic heterocycles. The Morgan fingerprint density at radius 1 is 0.738 bits per heavy atom. The largest absolute Gasteiger partial charge is 0.756 e. The zero-order valence-corrected chi connectivity index (χ0v) is 28.6. The summed E-state index contributed by atoms with van der Waals surface area (Å²) < 4.78 is 34.1. The number of allylic oxidation sites excluding steroid dienone is 4. The number of unbranched alkanes of at least 4 members (excludes halogenated alkanes) is 12. The van der Waals surface area contributed by atoms with E-state index < -0.39 is 13.9 Å². The summed E-state index contributed by atoms with van der Waals surface area (Å²) >= 11 is 0.